The van der Waals surface area contributed by atoms with E-state index in [1.165, 1.54) is 37.8 Å². The Balaban J connectivity index is 2.18. The van der Waals surface area contributed by atoms with E-state index in [9.17, 15) is 0 Å². The van der Waals surface area contributed by atoms with Crippen molar-refractivity contribution in [3.8, 4) is 0 Å². The average Bonchev–Trinajstić information content (AvgIpc) is 2.93. The van der Waals surface area contributed by atoms with Crippen molar-refractivity contribution in [3.63, 3.8) is 0 Å². The number of hydrogen-bond donors (Lipinski definition) is 1. The summed E-state index contributed by atoms with van der Waals surface area (Å²) < 4.78 is 1.71. The molecule has 19 heavy (non-hydrogen) atoms. The van der Waals surface area contributed by atoms with Crippen LogP contribution in [0.2, 0.25) is 0 Å². The molecule has 1 aromatic heterocycles. The summed E-state index contributed by atoms with van der Waals surface area (Å²) in [6.45, 7) is 4.48. The molecule has 5 heteroatoms. The van der Waals surface area contributed by atoms with Gasteiger partial charge in [-0.1, -0.05) is 38.9 Å². The molecule has 0 bridgehead atoms. The molecule has 0 aliphatic heterocycles. The highest BCUT2D eigenvalue weighted by Crippen LogP contribution is 2.37. The summed E-state index contributed by atoms with van der Waals surface area (Å²) >= 11 is 10.9. The van der Waals surface area contributed by atoms with Gasteiger partial charge in [0.2, 0.25) is 0 Å². The third kappa shape index (κ3) is 4.05. The van der Waals surface area contributed by atoms with Crippen LogP contribution in [0.5, 0.6) is 0 Å². The zero-order valence-corrected chi connectivity index (χ0v) is 14.8. The van der Waals surface area contributed by atoms with E-state index in [0.29, 0.717) is 15.8 Å². The number of hydrogen-bond acceptors (Lipinski definition) is 3. The van der Waals surface area contributed by atoms with Gasteiger partial charge in [0, 0.05) is 16.9 Å². The quantitative estimate of drug-likeness (QED) is 0.693. The van der Waals surface area contributed by atoms with Gasteiger partial charge in [0.15, 0.2) is 0 Å². The summed E-state index contributed by atoms with van der Waals surface area (Å²) in [7, 11) is 0. The Kier molecular flexibility index (Phi) is 5.90. The topological polar surface area (TPSA) is 28.7 Å². The van der Waals surface area contributed by atoms with Gasteiger partial charge in [-0.15, -0.1) is 0 Å². The first kappa shape index (κ1) is 15.5. The monoisotopic (exact) mass is 360 g/mol. The molecular formula is C14H21BrN2S2. The zero-order valence-electron chi connectivity index (χ0n) is 11.5. The molecule has 1 N–H and O–H groups in total. The van der Waals surface area contributed by atoms with E-state index < -0.39 is 0 Å². The minimum atomic E-state index is 0.631. The molecule has 2 nitrogen and oxygen atoms in total. The number of halogens is 1. The summed E-state index contributed by atoms with van der Waals surface area (Å²) in [5.74, 6) is 2.58. The zero-order chi connectivity index (χ0) is 13.8. The maximum absolute atomic E-state index is 5.38. The standard InChI is InChI=1S/C14H21BrN2S2/c1-3-9(2)19-8-11-16-13(10-6-4-5-7-10)12(15)14(18)17-11/h9-10H,3-8H2,1-2H3,(H,16,17,18). The van der Waals surface area contributed by atoms with Crippen LogP contribution >= 0.6 is 39.9 Å². The number of aromatic amines is 1. The van der Waals surface area contributed by atoms with Crippen molar-refractivity contribution in [1.29, 1.82) is 0 Å². The molecule has 1 aliphatic carbocycles. The number of aromatic nitrogens is 2. The van der Waals surface area contributed by atoms with Gasteiger partial charge in [-0.3, -0.25) is 0 Å². The van der Waals surface area contributed by atoms with Gasteiger partial charge in [-0.25, -0.2) is 4.98 Å². The lowest BCUT2D eigenvalue weighted by atomic mass is 10.0. The van der Waals surface area contributed by atoms with Crippen LogP contribution in [-0.4, -0.2) is 15.2 Å². The maximum Gasteiger partial charge on any atom is 0.144 e. The lowest BCUT2D eigenvalue weighted by molar-refractivity contribution is 0.682. The molecular weight excluding hydrogens is 340 g/mol. The second kappa shape index (κ2) is 7.23. The summed E-state index contributed by atoms with van der Waals surface area (Å²) in [4.78, 5) is 8.03. The Labute approximate surface area is 133 Å². The highest BCUT2D eigenvalue weighted by atomic mass is 79.9. The molecule has 2 rings (SSSR count). The minimum absolute atomic E-state index is 0.631. The fraction of sp³-hybridized carbons (Fsp3) is 0.714. The third-order valence-corrected chi connectivity index (χ3v) is 6.49. The Morgan fingerprint density at radius 2 is 2.16 bits per heavy atom. The van der Waals surface area contributed by atoms with Crippen molar-refractivity contribution in [3.05, 3.63) is 20.6 Å². The van der Waals surface area contributed by atoms with Crippen LogP contribution in [0.4, 0.5) is 0 Å². The Morgan fingerprint density at radius 3 is 2.79 bits per heavy atom. The number of thioether (sulfide) groups is 1. The van der Waals surface area contributed by atoms with Gasteiger partial charge < -0.3 is 4.98 Å². The number of nitrogens with one attached hydrogen (secondary N) is 1. The highest BCUT2D eigenvalue weighted by Gasteiger charge is 2.21. The molecule has 1 fully saturated rings. The van der Waals surface area contributed by atoms with E-state index in [4.69, 9.17) is 12.2 Å². The molecule has 0 amide bonds. The smallest absolute Gasteiger partial charge is 0.144 e. The van der Waals surface area contributed by atoms with Crippen molar-refractivity contribution >= 4 is 39.9 Å². The van der Waals surface area contributed by atoms with Crippen LogP contribution in [0.3, 0.4) is 0 Å². The summed E-state index contributed by atoms with van der Waals surface area (Å²) in [5, 5.41) is 0.669. The van der Waals surface area contributed by atoms with Crippen molar-refractivity contribution in [2.45, 2.75) is 62.9 Å². The van der Waals surface area contributed by atoms with E-state index >= 15 is 0 Å². The SMILES string of the molecule is CCC(C)SCc1nc(=S)c(Br)c(C2CCCC2)[nH]1. The van der Waals surface area contributed by atoms with Crippen LogP contribution in [-0.2, 0) is 5.75 Å². The molecule has 1 saturated carbocycles. The fourth-order valence-corrected chi connectivity index (χ4v) is 3.97. The summed E-state index contributed by atoms with van der Waals surface area (Å²) in [5.41, 5.74) is 1.28. The minimum Gasteiger partial charge on any atom is -0.345 e. The van der Waals surface area contributed by atoms with Crippen LogP contribution in [0, 0.1) is 4.64 Å². The second-order valence-electron chi connectivity index (χ2n) is 5.23. The molecule has 0 saturated heterocycles. The molecule has 1 aliphatic rings. The molecule has 0 spiro atoms. The number of rotatable bonds is 5. The number of H-pyrrole nitrogens is 1. The van der Waals surface area contributed by atoms with E-state index in [1.54, 1.807) is 0 Å². The van der Waals surface area contributed by atoms with E-state index in [2.05, 4.69) is 39.7 Å². The van der Waals surface area contributed by atoms with Crippen molar-refractivity contribution < 1.29 is 0 Å². The van der Waals surface area contributed by atoms with Crippen molar-refractivity contribution in [2.75, 3.05) is 0 Å². The van der Waals surface area contributed by atoms with Gasteiger partial charge in [-0.2, -0.15) is 11.8 Å². The van der Waals surface area contributed by atoms with Crippen LogP contribution in [0.25, 0.3) is 0 Å². The van der Waals surface area contributed by atoms with Gasteiger partial charge >= 0.3 is 0 Å². The van der Waals surface area contributed by atoms with Gasteiger partial charge in [0.1, 0.15) is 10.5 Å². The van der Waals surface area contributed by atoms with E-state index in [-0.39, 0.29) is 0 Å². The maximum atomic E-state index is 5.38. The van der Waals surface area contributed by atoms with Crippen molar-refractivity contribution in [2.24, 2.45) is 0 Å². The third-order valence-electron chi connectivity index (χ3n) is 3.78. The average molecular weight is 361 g/mol. The molecule has 1 aromatic rings. The van der Waals surface area contributed by atoms with E-state index in [0.717, 1.165) is 16.0 Å². The second-order valence-corrected chi connectivity index (χ2v) is 7.83. The Bertz CT molecular complexity index is 481. The predicted octanol–water partition coefficient (Wildman–Crippen LogP) is 5.59. The van der Waals surface area contributed by atoms with Crippen LogP contribution in [0.1, 0.15) is 63.4 Å². The Morgan fingerprint density at radius 1 is 1.47 bits per heavy atom. The Hall–Kier alpha value is 0.130. The fourth-order valence-electron chi connectivity index (χ4n) is 2.43. The molecule has 1 heterocycles. The van der Waals surface area contributed by atoms with Gasteiger partial charge in [0.25, 0.3) is 0 Å². The first-order chi connectivity index (χ1) is 9.11. The lowest BCUT2D eigenvalue weighted by Gasteiger charge is -2.14. The summed E-state index contributed by atoms with van der Waals surface area (Å²) in [6.07, 6.45) is 6.39. The van der Waals surface area contributed by atoms with E-state index in [1.807, 2.05) is 11.8 Å². The molecule has 0 radical (unpaired) electrons. The molecule has 106 valence electrons. The van der Waals surface area contributed by atoms with Gasteiger partial charge in [0.05, 0.1) is 10.2 Å². The molecule has 0 aromatic carbocycles. The first-order valence-electron chi connectivity index (χ1n) is 7.02. The highest BCUT2D eigenvalue weighted by molar-refractivity contribution is 9.10. The lowest BCUT2D eigenvalue weighted by Crippen LogP contribution is -2.05. The molecule has 1 unspecified atom stereocenters. The normalized spacial score (nSPS) is 17.8. The first-order valence-corrected chi connectivity index (χ1v) is 9.27. The van der Waals surface area contributed by atoms with Gasteiger partial charge in [-0.05, 0) is 35.2 Å². The number of nitrogens with zero attached hydrogens (tertiary/aromatic N) is 1. The molecule has 1 atom stereocenters. The van der Waals surface area contributed by atoms with Crippen molar-refractivity contribution in [1.82, 2.24) is 9.97 Å². The van der Waals surface area contributed by atoms with Crippen LogP contribution < -0.4 is 0 Å². The predicted molar refractivity (Wildman–Crippen MR) is 89.4 cm³/mol. The largest absolute Gasteiger partial charge is 0.345 e. The van der Waals surface area contributed by atoms with Crippen LogP contribution in [0.15, 0.2) is 4.47 Å². The summed E-state index contributed by atoms with van der Waals surface area (Å²) in [6, 6.07) is 0.